The number of nitrogens with one attached hydrogen (secondary N) is 1. The van der Waals surface area contributed by atoms with Crippen molar-refractivity contribution in [3.63, 3.8) is 0 Å². The number of nitrogens with zero attached hydrogens (tertiary/aromatic N) is 1. The van der Waals surface area contributed by atoms with Crippen molar-refractivity contribution in [3.05, 3.63) is 23.8 Å². The van der Waals surface area contributed by atoms with Crippen molar-refractivity contribution < 1.29 is 9.53 Å². The molecule has 1 amide bonds. The van der Waals surface area contributed by atoms with Crippen molar-refractivity contribution in [2.24, 2.45) is 5.92 Å². The molecule has 4 nitrogen and oxygen atoms in total. The van der Waals surface area contributed by atoms with Crippen molar-refractivity contribution in [1.29, 1.82) is 0 Å². The van der Waals surface area contributed by atoms with Crippen LogP contribution in [-0.4, -0.2) is 24.1 Å². The number of thiazole rings is 1. The second-order valence-corrected chi connectivity index (χ2v) is 6.83. The molecule has 2 aromatic rings. The molecule has 0 atom stereocenters. The van der Waals surface area contributed by atoms with Crippen LogP contribution in [-0.2, 0) is 16.0 Å². The molecule has 1 aliphatic rings. The number of aromatic nitrogens is 1. The number of carbonyl (C=O) groups excluding carboxylic acids is 1. The Morgan fingerprint density at radius 1 is 1.41 bits per heavy atom. The summed E-state index contributed by atoms with van der Waals surface area (Å²) in [5.41, 5.74) is 2.31. The molecule has 0 radical (unpaired) electrons. The second-order valence-electron chi connectivity index (χ2n) is 5.80. The number of anilines is 1. The van der Waals surface area contributed by atoms with E-state index in [2.05, 4.69) is 35.4 Å². The minimum absolute atomic E-state index is 0.0564. The third kappa shape index (κ3) is 3.65. The molecule has 1 aliphatic heterocycles. The molecule has 2 heterocycles. The van der Waals surface area contributed by atoms with Gasteiger partial charge in [0, 0.05) is 19.1 Å². The van der Waals surface area contributed by atoms with Crippen molar-refractivity contribution in [2.75, 3.05) is 18.5 Å². The molecule has 0 bridgehead atoms. The third-order valence-electron chi connectivity index (χ3n) is 4.09. The lowest BCUT2D eigenvalue weighted by Gasteiger charge is -2.20. The average molecular weight is 318 g/mol. The van der Waals surface area contributed by atoms with E-state index in [1.807, 2.05) is 0 Å². The molecule has 1 saturated heterocycles. The Morgan fingerprint density at radius 2 is 2.23 bits per heavy atom. The monoisotopic (exact) mass is 318 g/mol. The van der Waals surface area contributed by atoms with Gasteiger partial charge in [-0.3, -0.25) is 4.79 Å². The van der Waals surface area contributed by atoms with Crippen LogP contribution in [0.15, 0.2) is 18.2 Å². The van der Waals surface area contributed by atoms with Gasteiger partial charge >= 0.3 is 0 Å². The van der Waals surface area contributed by atoms with Crippen molar-refractivity contribution in [1.82, 2.24) is 4.98 Å². The highest BCUT2D eigenvalue weighted by Crippen LogP contribution is 2.28. The number of amides is 1. The van der Waals surface area contributed by atoms with E-state index in [1.165, 1.54) is 18.4 Å². The highest BCUT2D eigenvalue weighted by molar-refractivity contribution is 7.22. The largest absolute Gasteiger partial charge is 0.381 e. The fraction of sp³-hybridized carbons (Fsp3) is 0.529. The average Bonchev–Trinajstić information content (AvgIpc) is 2.95. The summed E-state index contributed by atoms with van der Waals surface area (Å²) in [6.45, 7) is 3.56. The van der Waals surface area contributed by atoms with Gasteiger partial charge < -0.3 is 10.1 Å². The molecule has 0 spiro atoms. The lowest BCUT2D eigenvalue weighted by Crippen LogP contribution is -2.28. The van der Waals surface area contributed by atoms with Gasteiger partial charge in [-0.15, -0.1) is 0 Å². The molecule has 0 saturated carbocycles. The number of rotatable bonds is 5. The number of carbonyl (C=O) groups is 1. The summed E-state index contributed by atoms with van der Waals surface area (Å²) in [7, 11) is 0. The maximum Gasteiger partial charge on any atom is 0.229 e. The summed E-state index contributed by atoms with van der Waals surface area (Å²) in [6.07, 6.45) is 5.12. The molecule has 118 valence electrons. The molecule has 1 aromatic carbocycles. The second kappa shape index (κ2) is 7.20. The van der Waals surface area contributed by atoms with E-state index < -0.39 is 0 Å². The topological polar surface area (TPSA) is 51.2 Å². The number of aryl methyl sites for hydroxylation is 1. The van der Waals surface area contributed by atoms with E-state index in [0.717, 1.165) is 29.5 Å². The fourth-order valence-electron chi connectivity index (χ4n) is 2.73. The van der Waals surface area contributed by atoms with Crippen LogP contribution in [0.1, 0.15) is 38.2 Å². The van der Waals surface area contributed by atoms with E-state index in [1.54, 1.807) is 11.3 Å². The fourth-order valence-corrected chi connectivity index (χ4v) is 3.66. The van der Waals surface area contributed by atoms with Crippen LogP contribution in [0.5, 0.6) is 0 Å². The van der Waals surface area contributed by atoms with E-state index in [-0.39, 0.29) is 11.8 Å². The summed E-state index contributed by atoms with van der Waals surface area (Å²) in [4.78, 5) is 16.8. The first-order chi connectivity index (χ1) is 10.8. The first kappa shape index (κ1) is 15.4. The maximum absolute atomic E-state index is 12.3. The smallest absolute Gasteiger partial charge is 0.229 e. The van der Waals surface area contributed by atoms with E-state index in [4.69, 9.17) is 4.74 Å². The lowest BCUT2D eigenvalue weighted by atomic mass is 10.00. The van der Waals surface area contributed by atoms with Gasteiger partial charge in [0.15, 0.2) is 5.13 Å². The Kier molecular flexibility index (Phi) is 5.05. The van der Waals surface area contributed by atoms with E-state index in [9.17, 15) is 4.79 Å². The van der Waals surface area contributed by atoms with Crippen LogP contribution in [0.25, 0.3) is 10.2 Å². The van der Waals surface area contributed by atoms with Gasteiger partial charge in [0.1, 0.15) is 0 Å². The third-order valence-corrected chi connectivity index (χ3v) is 5.03. The van der Waals surface area contributed by atoms with Gasteiger partial charge in [0.25, 0.3) is 0 Å². The molecule has 0 aliphatic carbocycles. The molecule has 0 unspecified atom stereocenters. The molecule has 1 aromatic heterocycles. The van der Waals surface area contributed by atoms with Gasteiger partial charge in [-0.25, -0.2) is 4.98 Å². The SMILES string of the molecule is CCCCc1ccc2nc(NC(=O)C3CCOCC3)sc2c1. The van der Waals surface area contributed by atoms with Gasteiger partial charge in [-0.05, 0) is 43.4 Å². The highest BCUT2D eigenvalue weighted by atomic mass is 32.1. The summed E-state index contributed by atoms with van der Waals surface area (Å²) in [5, 5.41) is 3.68. The summed E-state index contributed by atoms with van der Waals surface area (Å²) in [6, 6.07) is 6.40. The molecule has 22 heavy (non-hydrogen) atoms. The Labute approximate surface area is 134 Å². The molecule has 5 heteroatoms. The maximum atomic E-state index is 12.3. The molecular weight excluding hydrogens is 296 g/mol. The lowest BCUT2D eigenvalue weighted by molar-refractivity contribution is -0.122. The Hall–Kier alpha value is -1.46. The first-order valence-electron chi connectivity index (χ1n) is 8.04. The van der Waals surface area contributed by atoms with Crippen LogP contribution in [0.2, 0.25) is 0 Å². The Bertz CT molecular complexity index is 647. The zero-order valence-electron chi connectivity index (χ0n) is 12.9. The number of hydrogen-bond acceptors (Lipinski definition) is 4. The van der Waals surface area contributed by atoms with Crippen LogP contribution < -0.4 is 5.32 Å². The van der Waals surface area contributed by atoms with Gasteiger partial charge in [-0.2, -0.15) is 0 Å². The van der Waals surface area contributed by atoms with Crippen LogP contribution in [0.3, 0.4) is 0 Å². The van der Waals surface area contributed by atoms with Crippen LogP contribution in [0, 0.1) is 5.92 Å². The zero-order chi connectivity index (χ0) is 15.4. The Balaban J connectivity index is 1.69. The predicted octanol–water partition coefficient (Wildman–Crippen LogP) is 4.00. The standard InChI is InChI=1S/C17H22N2O2S/c1-2-3-4-12-5-6-14-15(11-12)22-17(18-14)19-16(20)13-7-9-21-10-8-13/h5-6,11,13H,2-4,7-10H2,1H3,(H,18,19,20). The predicted molar refractivity (Wildman–Crippen MR) is 90.4 cm³/mol. The molecule has 1 fully saturated rings. The number of hydrogen-bond donors (Lipinski definition) is 1. The van der Waals surface area contributed by atoms with Gasteiger partial charge in [0.05, 0.1) is 10.2 Å². The van der Waals surface area contributed by atoms with Gasteiger partial charge in [-0.1, -0.05) is 30.7 Å². The first-order valence-corrected chi connectivity index (χ1v) is 8.86. The quantitative estimate of drug-likeness (QED) is 0.906. The minimum Gasteiger partial charge on any atom is -0.381 e. The minimum atomic E-state index is 0.0564. The van der Waals surface area contributed by atoms with Crippen molar-refractivity contribution >= 4 is 32.6 Å². The van der Waals surface area contributed by atoms with Crippen LogP contribution >= 0.6 is 11.3 Å². The molecular formula is C17H22N2O2S. The summed E-state index contributed by atoms with van der Waals surface area (Å²) < 4.78 is 6.45. The molecule has 3 rings (SSSR count). The Morgan fingerprint density at radius 3 is 3.00 bits per heavy atom. The molecule has 1 N–H and O–H groups in total. The van der Waals surface area contributed by atoms with Crippen molar-refractivity contribution in [2.45, 2.75) is 39.0 Å². The zero-order valence-corrected chi connectivity index (χ0v) is 13.7. The normalized spacial score (nSPS) is 16.0. The summed E-state index contributed by atoms with van der Waals surface area (Å²) in [5.74, 6) is 0.134. The highest BCUT2D eigenvalue weighted by Gasteiger charge is 2.22. The van der Waals surface area contributed by atoms with Crippen molar-refractivity contribution in [3.8, 4) is 0 Å². The number of ether oxygens (including phenoxy) is 1. The van der Waals surface area contributed by atoms with Crippen LogP contribution in [0.4, 0.5) is 5.13 Å². The van der Waals surface area contributed by atoms with E-state index in [0.29, 0.717) is 18.3 Å². The summed E-state index contributed by atoms with van der Waals surface area (Å²) >= 11 is 1.56. The number of unbranched alkanes of at least 4 members (excludes halogenated alkanes) is 1. The number of benzene rings is 1. The van der Waals surface area contributed by atoms with Gasteiger partial charge in [0.2, 0.25) is 5.91 Å². The van der Waals surface area contributed by atoms with E-state index >= 15 is 0 Å². The number of fused-ring (bicyclic) bond motifs is 1.